The Morgan fingerprint density at radius 3 is 2.28 bits per heavy atom. The Morgan fingerprint density at radius 1 is 1.17 bits per heavy atom. The maximum Gasteiger partial charge on any atom is 0.167 e. The highest BCUT2D eigenvalue weighted by Gasteiger charge is 2.11. The number of nitrogen functional groups attached to an aromatic ring is 1. The van der Waals surface area contributed by atoms with Crippen LogP contribution in [-0.2, 0) is 6.42 Å². The van der Waals surface area contributed by atoms with Crippen LogP contribution in [0.4, 0.5) is 5.69 Å². The summed E-state index contributed by atoms with van der Waals surface area (Å²) in [7, 11) is 0. The van der Waals surface area contributed by atoms with Crippen LogP contribution in [0.2, 0.25) is 10.0 Å². The van der Waals surface area contributed by atoms with E-state index in [1.54, 1.807) is 24.5 Å². The van der Waals surface area contributed by atoms with E-state index < -0.39 is 0 Å². The molecule has 0 aliphatic carbocycles. The van der Waals surface area contributed by atoms with Gasteiger partial charge in [0.25, 0.3) is 0 Å². The number of halogens is 2. The SMILES string of the molecule is Nc1c(Cl)cc(C(=O)Cc2ccncc2)cc1Cl. The second-order valence-electron chi connectivity index (χ2n) is 3.81. The van der Waals surface area contributed by atoms with Crippen LogP contribution in [0.3, 0.4) is 0 Å². The molecule has 0 bridgehead atoms. The van der Waals surface area contributed by atoms with Gasteiger partial charge in [0.15, 0.2) is 5.78 Å². The summed E-state index contributed by atoms with van der Waals surface area (Å²) in [6.07, 6.45) is 3.57. The molecular weight excluding hydrogens is 271 g/mol. The van der Waals surface area contributed by atoms with Crippen molar-refractivity contribution in [2.45, 2.75) is 6.42 Å². The number of pyridine rings is 1. The molecule has 92 valence electrons. The van der Waals surface area contributed by atoms with Crippen molar-refractivity contribution in [1.82, 2.24) is 4.98 Å². The van der Waals surface area contributed by atoms with Crippen molar-refractivity contribution in [3.05, 3.63) is 57.8 Å². The fourth-order valence-corrected chi connectivity index (χ4v) is 2.02. The third-order valence-corrected chi connectivity index (χ3v) is 3.14. The fraction of sp³-hybridized carbons (Fsp3) is 0.0769. The number of aromatic nitrogens is 1. The molecule has 18 heavy (non-hydrogen) atoms. The smallest absolute Gasteiger partial charge is 0.167 e. The summed E-state index contributed by atoms with van der Waals surface area (Å²) in [5, 5.41) is 0.584. The van der Waals surface area contributed by atoms with Crippen molar-refractivity contribution in [2.24, 2.45) is 0 Å². The summed E-state index contributed by atoms with van der Waals surface area (Å²) in [6, 6.07) is 6.65. The van der Waals surface area contributed by atoms with Crippen molar-refractivity contribution in [1.29, 1.82) is 0 Å². The molecule has 0 fully saturated rings. The van der Waals surface area contributed by atoms with Crippen molar-refractivity contribution in [2.75, 3.05) is 5.73 Å². The van der Waals surface area contributed by atoms with Crippen LogP contribution in [0.15, 0.2) is 36.7 Å². The molecule has 2 rings (SSSR count). The van der Waals surface area contributed by atoms with Crippen LogP contribution < -0.4 is 5.73 Å². The van der Waals surface area contributed by atoms with Gasteiger partial charge in [-0.15, -0.1) is 0 Å². The van der Waals surface area contributed by atoms with Crippen LogP contribution in [0.25, 0.3) is 0 Å². The Kier molecular flexibility index (Phi) is 3.84. The first-order valence-corrected chi connectivity index (χ1v) is 6.00. The maximum absolute atomic E-state index is 12.1. The van der Waals surface area contributed by atoms with E-state index in [1.807, 2.05) is 0 Å². The second-order valence-corrected chi connectivity index (χ2v) is 4.62. The number of carbonyl (C=O) groups is 1. The van der Waals surface area contributed by atoms with E-state index in [2.05, 4.69) is 4.98 Å². The number of rotatable bonds is 3. The van der Waals surface area contributed by atoms with Gasteiger partial charge in [-0.05, 0) is 29.8 Å². The minimum absolute atomic E-state index is 0.0648. The Morgan fingerprint density at radius 2 is 1.72 bits per heavy atom. The Labute approximate surface area is 115 Å². The van der Waals surface area contributed by atoms with Gasteiger partial charge in [-0.1, -0.05) is 23.2 Å². The van der Waals surface area contributed by atoms with Gasteiger partial charge in [0.1, 0.15) is 0 Å². The molecule has 0 amide bonds. The van der Waals surface area contributed by atoms with Crippen LogP contribution in [0.1, 0.15) is 15.9 Å². The van der Waals surface area contributed by atoms with Crippen LogP contribution in [0.5, 0.6) is 0 Å². The lowest BCUT2D eigenvalue weighted by Gasteiger charge is -2.06. The number of nitrogens with zero attached hydrogens (tertiary/aromatic N) is 1. The molecule has 3 nitrogen and oxygen atoms in total. The highest BCUT2D eigenvalue weighted by molar-refractivity contribution is 6.39. The van der Waals surface area contributed by atoms with Gasteiger partial charge in [0.05, 0.1) is 15.7 Å². The molecule has 0 atom stereocenters. The molecule has 2 N–H and O–H groups in total. The van der Waals surface area contributed by atoms with Gasteiger partial charge in [-0.2, -0.15) is 0 Å². The van der Waals surface area contributed by atoms with E-state index in [0.717, 1.165) is 5.56 Å². The average molecular weight is 281 g/mol. The first-order valence-electron chi connectivity index (χ1n) is 5.24. The minimum Gasteiger partial charge on any atom is -0.396 e. The predicted octanol–water partition coefficient (Wildman–Crippen LogP) is 3.40. The number of nitrogens with two attached hydrogens (primary N) is 1. The molecule has 0 unspecified atom stereocenters. The van der Waals surface area contributed by atoms with Gasteiger partial charge >= 0.3 is 0 Å². The minimum atomic E-state index is -0.0648. The highest BCUT2D eigenvalue weighted by Crippen LogP contribution is 2.29. The third-order valence-electron chi connectivity index (χ3n) is 2.52. The summed E-state index contributed by atoms with van der Waals surface area (Å²) in [6.45, 7) is 0. The van der Waals surface area contributed by atoms with Crippen molar-refractivity contribution >= 4 is 34.7 Å². The molecule has 0 radical (unpaired) electrons. The molecule has 1 heterocycles. The molecule has 2 aromatic rings. The van der Waals surface area contributed by atoms with Crippen LogP contribution in [0, 0.1) is 0 Å². The summed E-state index contributed by atoms with van der Waals surface area (Å²) >= 11 is 11.8. The number of hydrogen-bond acceptors (Lipinski definition) is 3. The zero-order chi connectivity index (χ0) is 13.1. The van der Waals surface area contributed by atoms with Crippen LogP contribution in [-0.4, -0.2) is 10.8 Å². The third kappa shape index (κ3) is 2.81. The van der Waals surface area contributed by atoms with E-state index in [9.17, 15) is 4.79 Å². The Hall–Kier alpha value is -1.58. The average Bonchev–Trinajstić information content (AvgIpc) is 2.36. The molecule has 1 aromatic heterocycles. The topological polar surface area (TPSA) is 56.0 Å². The highest BCUT2D eigenvalue weighted by atomic mass is 35.5. The molecule has 1 aromatic carbocycles. The zero-order valence-corrected chi connectivity index (χ0v) is 10.9. The van der Waals surface area contributed by atoms with Crippen LogP contribution >= 0.6 is 23.2 Å². The molecular formula is C13H10Cl2N2O. The number of ketones is 1. The quantitative estimate of drug-likeness (QED) is 0.693. The summed E-state index contributed by atoms with van der Waals surface area (Å²) in [5.74, 6) is -0.0648. The van der Waals surface area contributed by atoms with Gasteiger partial charge in [-0.3, -0.25) is 9.78 Å². The van der Waals surface area contributed by atoms with Crippen molar-refractivity contribution in [3.63, 3.8) is 0 Å². The summed E-state index contributed by atoms with van der Waals surface area (Å²) in [5.41, 5.74) is 7.25. The van der Waals surface area contributed by atoms with E-state index in [0.29, 0.717) is 21.3 Å². The molecule has 0 spiro atoms. The molecule has 0 aliphatic rings. The number of Topliss-reactive ketones (excluding diaryl/α,β-unsaturated/α-hetero) is 1. The number of benzene rings is 1. The summed E-state index contributed by atoms with van der Waals surface area (Å²) in [4.78, 5) is 15.9. The first kappa shape index (κ1) is 12.9. The van der Waals surface area contributed by atoms with E-state index in [-0.39, 0.29) is 12.2 Å². The van der Waals surface area contributed by atoms with E-state index in [1.165, 1.54) is 12.1 Å². The number of carbonyl (C=O) groups excluding carboxylic acids is 1. The van der Waals surface area contributed by atoms with E-state index >= 15 is 0 Å². The number of anilines is 1. The monoisotopic (exact) mass is 280 g/mol. The standard InChI is InChI=1S/C13H10Cl2N2O/c14-10-6-9(7-11(15)13(10)16)12(18)5-8-1-3-17-4-2-8/h1-4,6-7H,5,16H2. The fourth-order valence-electron chi connectivity index (χ4n) is 1.53. The molecule has 0 saturated heterocycles. The largest absolute Gasteiger partial charge is 0.396 e. The molecule has 5 heteroatoms. The Bertz CT molecular complexity index is 562. The Balaban J connectivity index is 2.25. The van der Waals surface area contributed by atoms with E-state index in [4.69, 9.17) is 28.9 Å². The van der Waals surface area contributed by atoms with Gasteiger partial charge in [0, 0.05) is 24.4 Å². The van der Waals surface area contributed by atoms with Crippen molar-refractivity contribution in [3.8, 4) is 0 Å². The molecule has 0 saturated carbocycles. The lowest BCUT2D eigenvalue weighted by atomic mass is 10.0. The number of hydrogen-bond donors (Lipinski definition) is 1. The van der Waals surface area contributed by atoms with Gasteiger partial charge in [0.2, 0.25) is 0 Å². The first-order chi connectivity index (χ1) is 8.58. The normalized spacial score (nSPS) is 10.3. The second kappa shape index (κ2) is 5.38. The zero-order valence-electron chi connectivity index (χ0n) is 9.36. The summed E-state index contributed by atoms with van der Waals surface area (Å²) < 4.78 is 0. The lowest BCUT2D eigenvalue weighted by molar-refractivity contribution is 0.0993. The predicted molar refractivity (Wildman–Crippen MR) is 73.1 cm³/mol. The maximum atomic E-state index is 12.1. The lowest BCUT2D eigenvalue weighted by Crippen LogP contribution is -2.04. The van der Waals surface area contributed by atoms with Gasteiger partial charge < -0.3 is 5.73 Å². The van der Waals surface area contributed by atoms with Gasteiger partial charge in [-0.25, -0.2) is 0 Å². The molecule has 0 aliphatic heterocycles. The van der Waals surface area contributed by atoms with Crippen molar-refractivity contribution < 1.29 is 4.79 Å².